The van der Waals surface area contributed by atoms with Crippen LogP contribution < -0.4 is 15.2 Å². The van der Waals surface area contributed by atoms with Gasteiger partial charge in [-0.3, -0.25) is 0 Å². The minimum atomic E-state index is -0.551. The topological polar surface area (TPSA) is 95.6 Å². The van der Waals surface area contributed by atoms with E-state index in [1.807, 2.05) is 19.1 Å². The Morgan fingerprint density at radius 1 is 1.38 bits per heavy atom. The van der Waals surface area contributed by atoms with Crippen molar-refractivity contribution in [2.45, 2.75) is 25.8 Å². The molecule has 0 aliphatic rings. The molecule has 0 aromatic heterocycles. The van der Waals surface area contributed by atoms with Crippen molar-refractivity contribution in [1.29, 1.82) is 0 Å². The van der Waals surface area contributed by atoms with Crippen LogP contribution in [0.4, 0.5) is 0 Å². The Labute approximate surface area is 137 Å². The van der Waals surface area contributed by atoms with E-state index in [0.717, 1.165) is 27.1 Å². The molecule has 1 rings (SSSR count). The summed E-state index contributed by atoms with van der Waals surface area (Å²) in [5.74, 6) is 1.59. The molecule has 21 heavy (non-hydrogen) atoms. The van der Waals surface area contributed by atoms with Crippen LogP contribution in [0, 0.1) is 8.48 Å². The van der Waals surface area contributed by atoms with Crippen LogP contribution in [0.5, 0.6) is 11.5 Å². The lowest BCUT2D eigenvalue weighted by molar-refractivity contribution is -0.975. The quantitative estimate of drug-likeness (QED) is 0.363. The van der Waals surface area contributed by atoms with Gasteiger partial charge in [0.25, 0.3) is 0 Å². The SMILES string of the molecule is COc1cc(I)c(OCCCO[N+](=O)O)cc1C[C@H](C)[NH3+]. The van der Waals surface area contributed by atoms with Gasteiger partial charge in [0.1, 0.15) is 16.4 Å². The predicted molar refractivity (Wildman–Crippen MR) is 83.2 cm³/mol. The fraction of sp³-hybridized carbons (Fsp3) is 0.538. The first-order valence-electron chi connectivity index (χ1n) is 6.55. The van der Waals surface area contributed by atoms with Crippen LogP contribution in [0.1, 0.15) is 18.9 Å². The zero-order valence-electron chi connectivity index (χ0n) is 12.2. The third-order valence-electron chi connectivity index (χ3n) is 2.65. The van der Waals surface area contributed by atoms with Gasteiger partial charge in [0, 0.05) is 18.4 Å². The standard InChI is InChI=1S/C13H20IN2O5/c1-9(15)6-10-7-13(11(14)8-12(10)19-2)20-4-3-5-21-16(17)18/h7-9H,3-6,15H2,1-2H3,(H,17,18)/q+1/p+1/t9-/m0/s1. The van der Waals surface area contributed by atoms with Crippen LogP contribution in [-0.4, -0.2) is 36.7 Å². The van der Waals surface area contributed by atoms with E-state index in [9.17, 15) is 4.91 Å². The number of nitrogens with zero attached hydrogens (tertiary/aromatic N) is 1. The Morgan fingerprint density at radius 2 is 2.10 bits per heavy atom. The lowest BCUT2D eigenvalue weighted by atomic mass is 10.1. The molecule has 1 aromatic rings. The molecule has 0 saturated heterocycles. The highest BCUT2D eigenvalue weighted by Crippen LogP contribution is 2.30. The average molecular weight is 412 g/mol. The molecular formula is C13H21IN2O5+2. The third-order valence-corrected chi connectivity index (χ3v) is 3.49. The second-order valence-electron chi connectivity index (χ2n) is 4.68. The maximum Gasteiger partial charge on any atom is 0.475 e. The number of rotatable bonds is 9. The highest BCUT2D eigenvalue weighted by atomic mass is 127. The molecule has 0 bridgehead atoms. The molecular weight excluding hydrogens is 391 g/mol. The Hall–Kier alpha value is -1.29. The molecule has 0 spiro atoms. The van der Waals surface area contributed by atoms with E-state index in [1.54, 1.807) is 7.11 Å². The number of methoxy groups -OCH3 is 1. The molecule has 1 atom stereocenters. The molecule has 0 amide bonds. The van der Waals surface area contributed by atoms with Crippen molar-refractivity contribution in [3.63, 3.8) is 0 Å². The zero-order valence-corrected chi connectivity index (χ0v) is 14.3. The van der Waals surface area contributed by atoms with E-state index in [-0.39, 0.29) is 12.6 Å². The molecule has 0 fully saturated rings. The van der Waals surface area contributed by atoms with Crippen LogP contribution >= 0.6 is 22.6 Å². The van der Waals surface area contributed by atoms with Gasteiger partial charge in [0.15, 0.2) is 6.61 Å². The first-order chi connectivity index (χ1) is 9.93. The number of ether oxygens (including phenoxy) is 2. The monoisotopic (exact) mass is 412 g/mol. The Balaban J connectivity index is 2.66. The Morgan fingerprint density at radius 3 is 2.67 bits per heavy atom. The van der Waals surface area contributed by atoms with E-state index in [1.165, 1.54) is 0 Å². The van der Waals surface area contributed by atoms with Crippen LogP contribution in [-0.2, 0) is 11.3 Å². The van der Waals surface area contributed by atoms with E-state index >= 15 is 0 Å². The fourth-order valence-corrected chi connectivity index (χ4v) is 2.39. The van der Waals surface area contributed by atoms with Crippen molar-refractivity contribution >= 4 is 22.6 Å². The molecule has 0 aliphatic heterocycles. The van der Waals surface area contributed by atoms with E-state index in [4.69, 9.17) is 14.7 Å². The summed E-state index contributed by atoms with van der Waals surface area (Å²) < 4.78 is 12.0. The van der Waals surface area contributed by atoms with E-state index in [0.29, 0.717) is 13.0 Å². The number of quaternary nitrogens is 1. The van der Waals surface area contributed by atoms with Crippen molar-refractivity contribution in [3.05, 3.63) is 26.2 Å². The highest BCUT2D eigenvalue weighted by Gasteiger charge is 2.13. The summed E-state index contributed by atoms with van der Waals surface area (Å²) in [6.07, 6.45) is 1.29. The molecule has 0 aliphatic carbocycles. The van der Waals surface area contributed by atoms with Crippen LogP contribution in [0.15, 0.2) is 12.1 Å². The van der Waals surface area contributed by atoms with Crippen LogP contribution in [0.25, 0.3) is 0 Å². The smallest absolute Gasteiger partial charge is 0.475 e. The van der Waals surface area contributed by atoms with Gasteiger partial charge in [0.2, 0.25) is 0 Å². The maximum atomic E-state index is 10.1. The Bertz CT molecular complexity index is 482. The lowest BCUT2D eigenvalue weighted by Gasteiger charge is -2.14. The van der Waals surface area contributed by atoms with E-state index < -0.39 is 5.09 Å². The van der Waals surface area contributed by atoms with Crippen molar-refractivity contribution in [2.75, 3.05) is 20.3 Å². The second-order valence-corrected chi connectivity index (χ2v) is 5.84. The number of hydrogen-bond acceptors (Lipinski definition) is 4. The van der Waals surface area contributed by atoms with Gasteiger partial charge >= 0.3 is 5.09 Å². The van der Waals surface area contributed by atoms with Crippen LogP contribution in [0.3, 0.4) is 0 Å². The molecule has 1 aromatic carbocycles. The fourth-order valence-electron chi connectivity index (χ4n) is 1.80. The first-order valence-corrected chi connectivity index (χ1v) is 7.63. The van der Waals surface area contributed by atoms with Gasteiger partial charge in [0.05, 0.1) is 23.3 Å². The summed E-state index contributed by atoms with van der Waals surface area (Å²) in [7, 11) is 1.64. The van der Waals surface area contributed by atoms with E-state index in [2.05, 4.69) is 33.2 Å². The molecule has 4 N–H and O–H groups in total. The average Bonchev–Trinajstić information content (AvgIpc) is 2.40. The highest BCUT2D eigenvalue weighted by molar-refractivity contribution is 14.1. The third kappa shape index (κ3) is 6.34. The molecule has 0 heterocycles. The summed E-state index contributed by atoms with van der Waals surface area (Å²) >= 11 is 2.18. The maximum absolute atomic E-state index is 10.1. The molecule has 8 heteroatoms. The lowest BCUT2D eigenvalue weighted by Crippen LogP contribution is -2.60. The largest absolute Gasteiger partial charge is 0.496 e. The number of benzene rings is 1. The molecule has 118 valence electrons. The van der Waals surface area contributed by atoms with Crippen LogP contribution in [0.2, 0.25) is 0 Å². The van der Waals surface area contributed by atoms with Crippen molar-refractivity contribution in [1.82, 2.24) is 0 Å². The number of hydrogen-bond donors (Lipinski definition) is 2. The summed E-state index contributed by atoms with van der Waals surface area (Å²) in [5.41, 5.74) is 5.04. The van der Waals surface area contributed by atoms with Gasteiger partial charge in [-0.05, 0) is 41.6 Å². The van der Waals surface area contributed by atoms with Crippen molar-refractivity contribution < 1.29 is 30.3 Å². The zero-order chi connectivity index (χ0) is 15.8. The molecule has 7 nitrogen and oxygen atoms in total. The number of halogens is 1. The van der Waals surface area contributed by atoms with Crippen molar-refractivity contribution in [3.8, 4) is 11.5 Å². The summed E-state index contributed by atoms with van der Waals surface area (Å²) in [4.78, 5) is 14.5. The van der Waals surface area contributed by atoms with Gasteiger partial charge < -0.3 is 15.2 Å². The summed E-state index contributed by atoms with van der Waals surface area (Å²) in [6, 6.07) is 4.15. The minimum absolute atomic E-state index is 0.0928. The summed E-state index contributed by atoms with van der Waals surface area (Å²) in [6.45, 7) is 2.52. The van der Waals surface area contributed by atoms with Gasteiger partial charge in [-0.1, -0.05) is 0 Å². The predicted octanol–water partition coefficient (Wildman–Crippen LogP) is 1.34. The van der Waals surface area contributed by atoms with Crippen molar-refractivity contribution in [2.24, 2.45) is 0 Å². The normalized spacial score (nSPS) is 11.8. The molecule has 0 radical (unpaired) electrons. The first kappa shape index (κ1) is 17.8. The Kier molecular flexibility index (Phi) is 7.51. The molecule has 0 unspecified atom stereocenters. The summed E-state index contributed by atoms with van der Waals surface area (Å²) in [5, 5.41) is 7.73. The molecule has 0 saturated carbocycles. The van der Waals surface area contributed by atoms with Gasteiger partial charge in [-0.15, -0.1) is 0 Å². The second kappa shape index (κ2) is 8.88. The van der Waals surface area contributed by atoms with Gasteiger partial charge in [-0.25, -0.2) is 5.21 Å². The minimum Gasteiger partial charge on any atom is -0.496 e. The van der Waals surface area contributed by atoms with Gasteiger partial charge in [-0.2, -0.15) is 4.84 Å².